The van der Waals surface area contributed by atoms with E-state index in [0.717, 1.165) is 31.7 Å². The van der Waals surface area contributed by atoms with Crippen LogP contribution in [0.3, 0.4) is 0 Å². The van der Waals surface area contributed by atoms with E-state index in [1.807, 2.05) is 0 Å². The van der Waals surface area contributed by atoms with E-state index in [4.69, 9.17) is 0 Å². The molecule has 4 nitrogen and oxygen atoms in total. The maximum Gasteiger partial charge on any atom is 0.0123 e. The molecule has 2 heterocycles. The first-order chi connectivity index (χ1) is 12.9. The third-order valence-electron chi connectivity index (χ3n) is 5.89. The Morgan fingerprint density at radius 1 is 1.00 bits per heavy atom. The Bertz CT molecular complexity index is 352. The van der Waals surface area contributed by atoms with Crippen molar-refractivity contribution < 1.29 is 0 Å². The second-order valence-corrected chi connectivity index (χ2v) is 8.12. The van der Waals surface area contributed by atoms with Gasteiger partial charge in [0.25, 0.3) is 0 Å². The minimum Gasteiger partial charge on any atom is -0.316 e. The maximum absolute atomic E-state index is 3.78. The van der Waals surface area contributed by atoms with Crippen molar-refractivity contribution in [1.29, 1.82) is 0 Å². The standard InChI is InChI=1S/C22H44N4/c1-2-3-13-24-17-19-26-18-10-6-4-5-8-14-23-16-12-22(26)20-21-11-7-9-15-25-21/h4-5,21-25H,2-3,6-20H2,1H3/b5-4+. The van der Waals surface area contributed by atoms with E-state index in [0.29, 0.717) is 0 Å². The van der Waals surface area contributed by atoms with Gasteiger partial charge in [-0.15, -0.1) is 0 Å². The number of rotatable bonds is 8. The van der Waals surface area contributed by atoms with Gasteiger partial charge in [0.2, 0.25) is 0 Å². The molecule has 2 atom stereocenters. The molecule has 0 saturated carbocycles. The van der Waals surface area contributed by atoms with E-state index < -0.39 is 0 Å². The van der Waals surface area contributed by atoms with Gasteiger partial charge in [-0.2, -0.15) is 0 Å². The second-order valence-electron chi connectivity index (χ2n) is 8.12. The normalized spacial score (nSPS) is 28.2. The summed E-state index contributed by atoms with van der Waals surface area (Å²) >= 11 is 0. The van der Waals surface area contributed by atoms with Gasteiger partial charge >= 0.3 is 0 Å². The summed E-state index contributed by atoms with van der Waals surface area (Å²) in [6, 6.07) is 1.45. The van der Waals surface area contributed by atoms with Gasteiger partial charge in [-0.3, -0.25) is 4.90 Å². The molecular formula is C22H44N4. The third-order valence-corrected chi connectivity index (χ3v) is 5.89. The highest BCUT2D eigenvalue weighted by Gasteiger charge is 2.23. The number of allylic oxidation sites excluding steroid dienone is 1. The largest absolute Gasteiger partial charge is 0.316 e. The van der Waals surface area contributed by atoms with E-state index >= 15 is 0 Å². The van der Waals surface area contributed by atoms with Crippen LogP contribution in [0, 0.1) is 0 Å². The molecule has 0 amide bonds. The van der Waals surface area contributed by atoms with Gasteiger partial charge in [0.05, 0.1) is 0 Å². The van der Waals surface area contributed by atoms with Gasteiger partial charge in [0, 0.05) is 25.2 Å². The topological polar surface area (TPSA) is 39.3 Å². The zero-order valence-corrected chi connectivity index (χ0v) is 17.3. The first kappa shape index (κ1) is 21.9. The number of piperidine rings is 1. The molecule has 4 heteroatoms. The highest BCUT2D eigenvalue weighted by Crippen LogP contribution is 2.18. The van der Waals surface area contributed by atoms with Crippen molar-refractivity contribution in [2.45, 2.75) is 83.2 Å². The molecule has 2 aliphatic rings. The second kappa shape index (κ2) is 14.6. The van der Waals surface area contributed by atoms with E-state index in [9.17, 15) is 0 Å². The van der Waals surface area contributed by atoms with Crippen LogP contribution in [-0.2, 0) is 0 Å². The van der Waals surface area contributed by atoms with Gasteiger partial charge in [-0.25, -0.2) is 0 Å². The number of hydrogen-bond donors (Lipinski definition) is 3. The average molecular weight is 365 g/mol. The summed E-state index contributed by atoms with van der Waals surface area (Å²) in [4.78, 5) is 2.80. The summed E-state index contributed by atoms with van der Waals surface area (Å²) in [6.07, 6.45) is 17.8. The van der Waals surface area contributed by atoms with Crippen LogP contribution in [0.2, 0.25) is 0 Å². The number of hydrogen-bond acceptors (Lipinski definition) is 4. The van der Waals surface area contributed by atoms with Gasteiger partial charge in [-0.1, -0.05) is 31.9 Å². The Kier molecular flexibility index (Phi) is 12.3. The van der Waals surface area contributed by atoms with Crippen molar-refractivity contribution in [3.63, 3.8) is 0 Å². The van der Waals surface area contributed by atoms with Gasteiger partial charge in [-0.05, 0) is 84.1 Å². The number of nitrogens with one attached hydrogen (secondary N) is 3. The highest BCUT2D eigenvalue weighted by molar-refractivity contribution is 4.86. The van der Waals surface area contributed by atoms with Crippen LogP contribution in [0.1, 0.15) is 71.1 Å². The lowest BCUT2D eigenvalue weighted by molar-refractivity contribution is 0.157. The van der Waals surface area contributed by atoms with E-state index in [2.05, 4.69) is 39.9 Å². The van der Waals surface area contributed by atoms with Crippen molar-refractivity contribution in [2.24, 2.45) is 0 Å². The Morgan fingerprint density at radius 3 is 2.77 bits per heavy atom. The summed E-state index contributed by atoms with van der Waals surface area (Å²) in [6.45, 7) is 10.5. The Labute approximate surface area is 162 Å². The molecule has 0 spiro atoms. The SMILES string of the molecule is CCCCNCCN1CCC/C=C/CCNCCC1CC1CCCCN1. The van der Waals surface area contributed by atoms with Crippen LogP contribution in [0.5, 0.6) is 0 Å². The van der Waals surface area contributed by atoms with Crippen LogP contribution >= 0.6 is 0 Å². The molecule has 0 bridgehead atoms. The zero-order valence-electron chi connectivity index (χ0n) is 17.3. The molecule has 1 fully saturated rings. The molecule has 26 heavy (non-hydrogen) atoms. The molecule has 0 aromatic carbocycles. The van der Waals surface area contributed by atoms with E-state index in [1.54, 1.807) is 0 Å². The summed E-state index contributed by atoms with van der Waals surface area (Å²) in [5.41, 5.74) is 0. The molecule has 2 unspecified atom stereocenters. The quantitative estimate of drug-likeness (QED) is 0.456. The first-order valence-electron chi connectivity index (χ1n) is 11.4. The fourth-order valence-electron chi connectivity index (χ4n) is 4.26. The lowest BCUT2D eigenvalue weighted by Gasteiger charge is -2.36. The summed E-state index contributed by atoms with van der Waals surface area (Å²) in [5.74, 6) is 0. The van der Waals surface area contributed by atoms with Crippen LogP contribution in [0.15, 0.2) is 12.2 Å². The molecule has 152 valence electrons. The molecule has 3 N–H and O–H groups in total. The smallest absolute Gasteiger partial charge is 0.0123 e. The maximum atomic E-state index is 3.78. The van der Waals surface area contributed by atoms with Crippen LogP contribution in [0.25, 0.3) is 0 Å². The predicted molar refractivity (Wildman–Crippen MR) is 114 cm³/mol. The molecule has 0 aromatic heterocycles. The Morgan fingerprint density at radius 2 is 1.92 bits per heavy atom. The lowest BCUT2D eigenvalue weighted by Crippen LogP contribution is -2.46. The van der Waals surface area contributed by atoms with Gasteiger partial charge in [0.15, 0.2) is 0 Å². The van der Waals surface area contributed by atoms with Gasteiger partial charge in [0.1, 0.15) is 0 Å². The average Bonchev–Trinajstić information content (AvgIpc) is 2.66. The lowest BCUT2D eigenvalue weighted by atomic mass is 9.95. The first-order valence-corrected chi connectivity index (χ1v) is 11.4. The monoisotopic (exact) mass is 364 g/mol. The molecular weight excluding hydrogens is 320 g/mol. The van der Waals surface area contributed by atoms with Crippen molar-refractivity contribution >= 4 is 0 Å². The van der Waals surface area contributed by atoms with Crippen LogP contribution in [-0.4, -0.2) is 62.8 Å². The summed E-state index contributed by atoms with van der Waals surface area (Å²) < 4.78 is 0. The third kappa shape index (κ3) is 9.50. The van der Waals surface area contributed by atoms with E-state index in [-0.39, 0.29) is 0 Å². The Hall–Kier alpha value is -0.420. The minimum atomic E-state index is 0.717. The van der Waals surface area contributed by atoms with E-state index in [1.165, 1.54) is 90.4 Å². The van der Waals surface area contributed by atoms with Crippen LogP contribution < -0.4 is 16.0 Å². The summed E-state index contributed by atoms with van der Waals surface area (Å²) in [7, 11) is 0. The fraction of sp³-hybridized carbons (Fsp3) is 0.909. The summed E-state index contributed by atoms with van der Waals surface area (Å²) in [5, 5.41) is 11.1. The molecule has 2 rings (SSSR count). The Balaban J connectivity index is 1.89. The molecule has 0 aromatic rings. The highest BCUT2D eigenvalue weighted by atomic mass is 15.2. The molecule has 0 aliphatic carbocycles. The number of nitrogens with zero attached hydrogens (tertiary/aromatic N) is 1. The minimum absolute atomic E-state index is 0.717. The number of unbranched alkanes of at least 4 members (excludes halogenated alkanes) is 1. The van der Waals surface area contributed by atoms with Crippen molar-refractivity contribution in [1.82, 2.24) is 20.9 Å². The molecule has 0 radical (unpaired) electrons. The predicted octanol–water partition coefficient (Wildman–Crippen LogP) is 3.30. The van der Waals surface area contributed by atoms with Gasteiger partial charge < -0.3 is 16.0 Å². The van der Waals surface area contributed by atoms with Crippen molar-refractivity contribution in [3.8, 4) is 0 Å². The van der Waals surface area contributed by atoms with Crippen LogP contribution in [0.4, 0.5) is 0 Å². The molecule has 2 aliphatic heterocycles. The fourth-order valence-corrected chi connectivity index (χ4v) is 4.26. The van der Waals surface area contributed by atoms with Crippen molar-refractivity contribution in [3.05, 3.63) is 12.2 Å². The molecule has 1 saturated heterocycles. The zero-order chi connectivity index (χ0) is 18.3. The van der Waals surface area contributed by atoms with Crippen molar-refractivity contribution in [2.75, 3.05) is 45.8 Å².